The number of aliphatic hydroxyl groups is 1. The molecule has 0 unspecified atom stereocenters. The van der Waals surface area contributed by atoms with E-state index in [1.165, 1.54) is 12.3 Å². The molecule has 0 spiro atoms. The van der Waals surface area contributed by atoms with Crippen LogP contribution in [0.15, 0.2) is 24.4 Å². The lowest BCUT2D eigenvalue weighted by Crippen LogP contribution is -1.88. The van der Waals surface area contributed by atoms with Gasteiger partial charge in [0.1, 0.15) is 5.82 Å². The first-order valence-electron chi connectivity index (χ1n) is 4.31. The molecule has 78 valence electrons. The summed E-state index contributed by atoms with van der Waals surface area (Å²) in [5.74, 6) is -0.156. The van der Waals surface area contributed by atoms with Gasteiger partial charge < -0.3 is 10.1 Å². The van der Waals surface area contributed by atoms with Crippen molar-refractivity contribution in [3.63, 3.8) is 0 Å². The van der Waals surface area contributed by atoms with Crippen LogP contribution < -0.4 is 0 Å². The Morgan fingerprint density at radius 1 is 1.47 bits per heavy atom. The number of aromatic amines is 1. The summed E-state index contributed by atoms with van der Waals surface area (Å²) in [6, 6.07) is 4.68. The van der Waals surface area contributed by atoms with Crippen molar-refractivity contribution in [1.82, 2.24) is 9.97 Å². The van der Waals surface area contributed by atoms with E-state index in [1.807, 2.05) is 0 Å². The fourth-order valence-electron chi connectivity index (χ4n) is 1.26. The van der Waals surface area contributed by atoms with Crippen molar-refractivity contribution >= 4 is 11.6 Å². The van der Waals surface area contributed by atoms with E-state index in [0.29, 0.717) is 17.1 Å². The number of hydrogen-bond donors (Lipinski definition) is 2. The molecule has 0 saturated carbocycles. The molecule has 2 rings (SSSR count). The summed E-state index contributed by atoms with van der Waals surface area (Å²) in [6.07, 6.45) is 1.45. The molecule has 0 saturated heterocycles. The molecule has 0 bridgehead atoms. The number of benzene rings is 1. The Labute approximate surface area is 90.5 Å². The van der Waals surface area contributed by atoms with Crippen molar-refractivity contribution in [1.29, 1.82) is 0 Å². The van der Waals surface area contributed by atoms with Crippen molar-refractivity contribution in [2.24, 2.45) is 0 Å². The van der Waals surface area contributed by atoms with E-state index in [2.05, 4.69) is 9.97 Å². The first-order valence-corrected chi connectivity index (χ1v) is 4.69. The third-order valence-corrected chi connectivity index (χ3v) is 2.30. The van der Waals surface area contributed by atoms with Gasteiger partial charge in [0.15, 0.2) is 5.82 Å². The van der Waals surface area contributed by atoms with Gasteiger partial charge in [-0.25, -0.2) is 9.37 Å². The van der Waals surface area contributed by atoms with E-state index in [4.69, 9.17) is 16.7 Å². The molecule has 3 nitrogen and oxygen atoms in total. The largest absolute Gasteiger partial charge is 0.390 e. The van der Waals surface area contributed by atoms with Gasteiger partial charge in [-0.2, -0.15) is 0 Å². The third kappa shape index (κ3) is 1.86. The van der Waals surface area contributed by atoms with Crippen molar-refractivity contribution in [2.75, 3.05) is 0 Å². The van der Waals surface area contributed by atoms with Gasteiger partial charge in [-0.15, -0.1) is 0 Å². The molecule has 15 heavy (non-hydrogen) atoms. The molecule has 0 aliphatic rings. The molecule has 0 atom stereocenters. The molecule has 1 aromatic heterocycles. The van der Waals surface area contributed by atoms with Gasteiger partial charge in [-0.1, -0.05) is 17.7 Å². The highest BCUT2D eigenvalue weighted by Gasteiger charge is 2.10. The molecule has 1 heterocycles. The minimum Gasteiger partial charge on any atom is -0.390 e. The summed E-state index contributed by atoms with van der Waals surface area (Å²) in [4.78, 5) is 6.73. The lowest BCUT2D eigenvalue weighted by Gasteiger charge is -2.00. The number of H-pyrrole nitrogens is 1. The number of imidazole rings is 1. The molecular weight excluding hydrogens is 219 g/mol. The van der Waals surface area contributed by atoms with E-state index < -0.39 is 5.82 Å². The standard InChI is InChI=1S/C10H8ClFN2O/c11-8-3-1-2-7(9(8)12)10-13-4-6(5-15)14-10/h1-4,15H,5H2,(H,13,14). The second kappa shape index (κ2) is 4.00. The first-order chi connectivity index (χ1) is 7.22. The number of rotatable bonds is 2. The first kappa shape index (κ1) is 10.1. The zero-order chi connectivity index (χ0) is 10.8. The van der Waals surface area contributed by atoms with Crippen LogP contribution in [0.25, 0.3) is 11.4 Å². The van der Waals surface area contributed by atoms with Gasteiger partial charge in [-0.05, 0) is 12.1 Å². The molecular formula is C10H8ClFN2O. The highest BCUT2D eigenvalue weighted by Crippen LogP contribution is 2.25. The summed E-state index contributed by atoms with van der Waals surface area (Å²) in [5.41, 5.74) is 0.826. The smallest absolute Gasteiger partial charge is 0.152 e. The number of aromatic nitrogens is 2. The Morgan fingerprint density at radius 2 is 2.27 bits per heavy atom. The van der Waals surface area contributed by atoms with Gasteiger partial charge in [0, 0.05) is 0 Å². The molecule has 5 heteroatoms. The Bertz CT molecular complexity index is 484. The molecule has 1 aromatic carbocycles. The average Bonchev–Trinajstić information content (AvgIpc) is 2.70. The fraction of sp³-hybridized carbons (Fsp3) is 0.100. The monoisotopic (exact) mass is 226 g/mol. The van der Waals surface area contributed by atoms with Crippen molar-refractivity contribution < 1.29 is 9.50 Å². The average molecular weight is 227 g/mol. The van der Waals surface area contributed by atoms with Crippen LogP contribution in [-0.4, -0.2) is 15.1 Å². The molecule has 0 radical (unpaired) electrons. The normalized spacial score (nSPS) is 10.6. The lowest BCUT2D eigenvalue weighted by atomic mass is 10.2. The van der Waals surface area contributed by atoms with Gasteiger partial charge in [0.25, 0.3) is 0 Å². The summed E-state index contributed by atoms with van der Waals surface area (Å²) in [6.45, 7) is -0.158. The zero-order valence-electron chi connectivity index (χ0n) is 7.67. The van der Waals surface area contributed by atoms with Crippen molar-refractivity contribution in [3.05, 3.63) is 40.9 Å². The second-order valence-corrected chi connectivity index (χ2v) is 3.42. The molecule has 0 amide bonds. The van der Waals surface area contributed by atoms with Crippen LogP contribution in [0.5, 0.6) is 0 Å². The molecule has 2 aromatic rings. The maximum Gasteiger partial charge on any atom is 0.152 e. The van der Waals surface area contributed by atoms with Gasteiger partial charge in [0.05, 0.1) is 29.1 Å². The highest BCUT2D eigenvalue weighted by molar-refractivity contribution is 6.31. The van der Waals surface area contributed by atoms with Gasteiger partial charge >= 0.3 is 0 Å². The Balaban J connectivity index is 2.49. The molecule has 0 aliphatic heterocycles. The number of nitrogens with one attached hydrogen (secondary N) is 1. The van der Waals surface area contributed by atoms with E-state index in [-0.39, 0.29) is 11.6 Å². The van der Waals surface area contributed by atoms with Gasteiger partial charge in [0.2, 0.25) is 0 Å². The summed E-state index contributed by atoms with van der Waals surface area (Å²) >= 11 is 5.64. The predicted molar refractivity (Wildman–Crippen MR) is 54.9 cm³/mol. The summed E-state index contributed by atoms with van der Waals surface area (Å²) < 4.78 is 13.5. The lowest BCUT2D eigenvalue weighted by molar-refractivity contribution is 0.277. The van der Waals surface area contributed by atoms with Crippen LogP contribution in [-0.2, 0) is 6.61 Å². The molecule has 0 aliphatic carbocycles. The van der Waals surface area contributed by atoms with Crippen LogP contribution in [0.3, 0.4) is 0 Å². The SMILES string of the molecule is OCc1cnc(-c2cccc(Cl)c2F)[nH]1. The molecule has 0 fully saturated rings. The van der Waals surface area contributed by atoms with Crippen molar-refractivity contribution in [2.45, 2.75) is 6.61 Å². The predicted octanol–water partition coefficient (Wildman–Crippen LogP) is 2.36. The van der Waals surface area contributed by atoms with E-state index in [0.717, 1.165) is 0 Å². The zero-order valence-corrected chi connectivity index (χ0v) is 8.42. The number of aliphatic hydroxyl groups excluding tert-OH is 1. The summed E-state index contributed by atoms with van der Waals surface area (Å²) in [5, 5.41) is 8.88. The minimum absolute atomic E-state index is 0.0504. The van der Waals surface area contributed by atoms with Gasteiger partial charge in [-0.3, -0.25) is 0 Å². The number of hydrogen-bond acceptors (Lipinski definition) is 2. The van der Waals surface area contributed by atoms with E-state index in [9.17, 15) is 4.39 Å². The summed E-state index contributed by atoms with van der Waals surface area (Å²) in [7, 11) is 0. The van der Waals surface area contributed by atoms with E-state index in [1.54, 1.807) is 12.1 Å². The minimum atomic E-state index is -0.516. The number of halogens is 2. The van der Waals surface area contributed by atoms with E-state index >= 15 is 0 Å². The van der Waals surface area contributed by atoms with Crippen molar-refractivity contribution in [3.8, 4) is 11.4 Å². The molecule has 2 N–H and O–H groups in total. The fourth-order valence-corrected chi connectivity index (χ4v) is 1.44. The quantitative estimate of drug-likeness (QED) is 0.826. The number of nitrogens with zero attached hydrogens (tertiary/aromatic N) is 1. The van der Waals surface area contributed by atoms with Crippen LogP contribution in [0.4, 0.5) is 4.39 Å². The Morgan fingerprint density at radius 3 is 2.93 bits per heavy atom. The van der Waals surface area contributed by atoms with Crippen LogP contribution >= 0.6 is 11.6 Å². The van der Waals surface area contributed by atoms with Crippen LogP contribution in [0, 0.1) is 5.82 Å². The van der Waals surface area contributed by atoms with Crippen LogP contribution in [0.2, 0.25) is 5.02 Å². The third-order valence-electron chi connectivity index (χ3n) is 2.01. The van der Waals surface area contributed by atoms with Crippen LogP contribution in [0.1, 0.15) is 5.69 Å². The maximum atomic E-state index is 13.5. The Kier molecular flexibility index (Phi) is 2.70. The topological polar surface area (TPSA) is 48.9 Å². The second-order valence-electron chi connectivity index (χ2n) is 3.02. The maximum absolute atomic E-state index is 13.5. The highest BCUT2D eigenvalue weighted by atomic mass is 35.5. The Hall–Kier alpha value is -1.39.